The van der Waals surface area contributed by atoms with Crippen LogP contribution in [0.15, 0.2) is 25.3 Å². The minimum absolute atomic E-state index is 0.110. The fraction of sp³-hybridized carbons (Fsp3) is 0.636. The number of hydrogen-bond acceptors (Lipinski definition) is 10. The Labute approximate surface area is 187 Å². The molecule has 0 unspecified atom stereocenters. The lowest BCUT2D eigenvalue weighted by Crippen LogP contribution is -2.63. The molecule has 180 valence electrons. The minimum atomic E-state index is -1.24. The second-order valence-electron chi connectivity index (χ2n) is 7.08. The van der Waals surface area contributed by atoms with Crippen molar-refractivity contribution in [1.29, 1.82) is 0 Å². The van der Waals surface area contributed by atoms with Gasteiger partial charge < -0.3 is 28.4 Å². The van der Waals surface area contributed by atoms with Crippen LogP contribution in [0.1, 0.15) is 46.5 Å². The summed E-state index contributed by atoms with van der Waals surface area (Å²) in [6, 6.07) is 0. The molecule has 0 aliphatic carbocycles. The summed E-state index contributed by atoms with van der Waals surface area (Å²) in [5.41, 5.74) is 0. The van der Waals surface area contributed by atoms with E-state index >= 15 is 0 Å². The Hall–Kier alpha value is -2.72. The van der Waals surface area contributed by atoms with Crippen molar-refractivity contribution in [2.24, 2.45) is 0 Å². The van der Waals surface area contributed by atoms with Crippen molar-refractivity contribution in [3.05, 3.63) is 25.3 Å². The number of carbonyl (C=O) groups excluding carboxylic acids is 4. The lowest BCUT2D eigenvalue weighted by atomic mass is 9.98. The number of esters is 4. The predicted octanol–water partition coefficient (Wildman–Crippen LogP) is 2.00. The molecule has 0 aromatic rings. The highest BCUT2D eigenvalue weighted by Crippen LogP contribution is 2.30. The van der Waals surface area contributed by atoms with Crippen molar-refractivity contribution in [3.8, 4) is 0 Å². The molecule has 1 aliphatic rings. The van der Waals surface area contributed by atoms with E-state index in [1.54, 1.807) is 12.2 Å². The first-order valence-electron chi connectivity index (χ1n) is 10.4. The van der Waals surface area contributed by atoms with Crippen molar-refractivity contribution >= 4 is 23.9 Å². The maximum atomic E-state index is 11.9. The number of carbonyl (C=O) groups is 4. The summed E-state index contributed by atoms with van der Waals surface area (Å²) in [6.45, 7) is 10.6. The molecule has 0 bridgehead atoms. The van der Waals surface area contributed by atoms with Gasteiger partial charge in [-0.25, -0.2) is 0 Å². The van der Waals surface area contributed by atoms with Crippen molar-refractivity contribution in [3.63, 3.8) is 0 Å². The summed E-state index contributed by atoms with van der Waals surface area (Å²) < 4.78 is 32.8. The zero-order valence-corrected chi connectivity index (χ0v) is 18.8. The first kappa shape index (κ1) is 27.3. The van der Waals surface area contributed by atoms with Gasteiger partial charge in [0.1, 0.15) is 12.7 Å². The standard InChI is InChI=1S/C22H32O10/c1-6-8-10-12-27-22-21(31-16(5)25)20(30-15(4)24)19(29-14(3)23)17(32-22)13-28-18(26)11-9-7-2/h6-7,17,19-22H,1-2,8-13H2,3-5H3/t17-,19-,20+,21-,22-/m1/s1. The highest BCUT2D eigenvalue weighted by Gasteiger charge is 2.52. The zero-order valence-electron chi connectivity index (χ0n) is 18.8. The van der Waals surface area contributed by atoms with Crippen LogP contribution < -0.4 is 0 Å². The maximum absolute atomic E-state index is 11.9. The molecule has 1 fully saturated rings. The van der Waals surface area contributed by atoms with Crippen LogP contribution in [0.25, 0.3) is 0 Å². The molecular formula is C22H32O10. The third kappa shape index (κ3) is 9.61. The summed E-state index contributed by atoms with van der Waals surface area (Å²) in [5, 5.41) is 0. The summed E-state index contributed by atoms with van der Waals surface area (Å²) >= 11 is 0. The van der Waals surface area contributed by atoms with Crippen LogP contribution in [0.4, 0.5) is 0 Å². The number of ether oxygens (including phenoxy) is 6. The average Bonchev–Trinajstić information content (AvgIpc) is 2.71. The molecule has 0 saturated carbocycles. The summed E-state index contributed by atoms with van der Waals surface area (Å²) in [4.78, 5) is 47.2. The third-order valence-electron chi connectivity index (χ3n) is 4.29. The van der Waals surface area contributed by atoms with Gasteiger partial charge in [-0.15, -0.1) is 13.2 Å². The lowest BCUT2D eigenvalue weighted by Gasteiger charge is -2.44. The van der Waals surface area contributed by atoms with E-state index in [2.05, 4.69) is 13.2 Å². The van der Waals surface area contributed by atoms with Gasteiger partial charge in [0.25, 0.3) is 0 Å². The summed E-state index contributed by atoms with van der Waals surface area (Å²) in [6.07, 6.45) is -0.720. The van der Waals surface area contributed by atoms with Crippen LogP contribution in [0.3, 0.4) is 0 Å². The SMILES string of the molecule is C=CCCCO[C@@H]1O[C@H](COC(=O)CCC=C)[C@@H](OC(C)=O)[C@H](OC(C)=O)[C@H]1OC(C)=O. The van der Waals surface area contributed by atoms with Crippen LogP contribution in [0, 0.1) is 0 Å². The maximum Gasteiger partial charge on any atom is 0.306 e. The predicted molar refractivity (Wildman–Crippen MR) is 111 cm³/mol. The van der Waals surface area contributed by atoms with Crippen LogP contribution in [-0.2, 0) is 47.6 Å². The van der Waals surface area contributed by atoms with E-state index in [-0.39, 0.29) is 19.6 Å². The van der Waals surface area contributed by atoms with E-state index in [0.717, 1.165) is 13.8 Å². The summed E-state index contributed by atoms with van der Waals surface area (Å²) in [7, 11) is 0. The molecule has 1 aliphatic heterocycles. The molecule has 0 aromatic carbocycles. The van der Waals surface area contributed by atoms with E-state index < -0.39 is 54.6 Å². The van der Waals surface area contributed by atoms with Gasteiger partial charge >= 0.3 is 23.9 Å². The first-order chi connectivity index (χ1) is 15.2. The lowest BCUT2D eigenvalue weighted by molar-refractivity contribution is -0.308. The van der Waals surface area contributed by atoms with Crippen LogP contribution in [-0.4, -0.2) is 67.8 Å². The Kier molecular flexibility index (Phi) is 12.3. The highest BCUT2D eigenvalue weighted by molar-refractivity contribution is 5.70. The van der Waals surface area contributed by atoms with Gasteiger partial charge in [-0.05, 0) is 19.3 Å². The van der Waals surface area contributed by atoms with Gasteiger partial charge in [0, 0.05) is 27.2 Å². The Morgan fingerprint density at radius 2 is 1.41 bits per heavy atom. The molecule has 0 amide bonds. The number of hydrogen-bond donors (Lipinski definition) is 0. The monoisotopic (exact) mass is 456 g/mol. The molecule has 1 rings (SSSR count). The Balaban J connectivity index is 3.16. The normalized spacial score (nSPS) is 24.7. The van der Waals surface area contributed by atoms with E-state index in [0.29, 0.717) is 19.3 Å². The van der Waals surface area contributed by atoms with Crippen LogP contribution >= 0.6 is 0 Å². The smallest absolute Gasteiger partial charge is 0.306 e. The van der Waals surface area contributed by atoms with E-state index in [4.69, 9.17) is 28.4 Å². The van der Waals surface area contributed by atoms with E-state index in [9.17, 15) is 19.2 Å². The molecule has 10 nitrogen and oxygen atoms in total. The third-order valence-corrected chi connectivity index (χ3v) is 4.29. The molecule has 1 saturated heterocycles. The Bertz CT molecular complexity index is 674. The molecule has 0 spiro atoms. The van der Waals surface area contributed by atoms with Gasteiger partial charge in [0.2, 0.25) is 0 Å². The van der Waals surface area contributed by atoms with Gasteiger partial charge in [-0.1, -0.05) is 12.2 Å². The van der Waals surface area contributed by atoms with Gasteiger partial charge in [-0.2, -0.15) is 0 Å². The minimum Gasteiger partial charge on any atom is -0.463 e. The molecule has 0 aromatic heterocycles. The van der Waals surface area contributed by atoms with Gasteiger partial charge in [0.05, 0.1) is 6.61 Å². The molecule has 0 N–H and O–H groups in total. The zero-order chi connectivity index (χ0) is 24.1. The largest absolute Gasteiger partial charge is 0.463 e. The Morgan fingerprint density at radius 1 is 0.844 bits per heavy atom. The molecule has 5 atom stereocenters. The highest BCUT2D eigenvalue weighted by atomic mass is 16.7. The number of allylic oxidation sites excluding steroid dienone is 2. The summed E-state index contributed by atoms with van der Waals surface area (Å²) in [5.74, 6) is -2.57. The second kappa shape index (κ2) is 14.4. The van der Waals surface area contributed by atoms with Crippen molar-refractivity contribution in [2.75, 3.05) is 13.2 Å². The van der Waals surface area contributed by atoms with Crippen molar-refractivity contribution in [1.82, 2.24) is 0 Å². The quantitative estimate of drug-likeness (QED) is 0.176. The van der Waals surface area contributed by atoms with Crippen LogP contribution in [0.5, 0.6) is 0 Å². The van der Waals surface area contributed by atoms with Crippen molar-refractivity contribution < 1.29 is 47.6 Å². The van der Waals surface area contributed by atoms with Gasteiger partial charge in [-0.3, -0.25) is 19.2 Å². The van der Waals surface area contributed by atoms with Gasteiger partial charge in [0.15, 0.2) is 24.6 Å². The molecule has 0 radical (unpaired) electrons. The first-order valence-corrected chi connectivity index (χ1v) is 10.4. The molecule has 1 heterocycles. The number of rotatable bonds is 13. The van der Waals surface area contributed by atoms with E-state index in [1.807, 2.05) is 0 Å². The molecule has 10 heteroatoms. The fourth-order valence-corrected chi connectivity index (χ4v) is 3.02. The van der Waals surface area contributed by atoms with Crippen molar-refractivity contribution in [2.45, 2.75) is 77.2 Å². The molecule has 32 heavy (non-hydrogen) atoms. The average molecular weight is 456 g/mol. The number of unbranched alkanes of at least 4 members (excludes halogenated alkanes) is 1. The Morgan fingerprint density at radius 3 is 1.97 bits per heavy atom. The topological polar surface area (TPSA) is 124 Å². The second-order valence-corrected chi connectivity index (χ2v) is 7.08. The van der Waals surface area contributed by atoms with Crippen LogP contribution in [0.2, 0.25) is 0 Å². The van der Waals surface area contributed by atoms with E-state index in [1.165, 1.54) is 6.92 Å². The molecular weight excluding hydrogens is 424 g/mol. The fourth-order valence-electron chi connectivity index (χ4n) is 3.02.